The minimum absolute atomic E-state index is 0.0133. The second-order valence-corrected chi connectivity index (χ2v) is 5.00. The molecular weight excluding hydrogens is 274 g/mol. The van der Waals surface area contributed by atoms with Crippen LogP contribution in [0, 0.1) is 0 Å². The number of aliphatic hydroxyl groups is 1. The summed E-state index contributed by atoms with van der Waals surface area (Å²) in [7, 11) is 0. The van der Waals surface area contributed by atoms with E-state index in [1.54, 1.807) is 17.5 Å². The Hall–Kier alpha value is -1.43. The monoisotopic (exact) mass is 283 g/mol. The van der Waals surface area contributed by atoms with Gasteiger partial charge >= 0.3 is 5.97 Å². The molecule has 0 bridgehead atoms. The fraction of sp³-hybridized carbons (Fsp3) is 0.167. The Morgan fingerprint density at radius 3 is 2.67 bits per heavy atom. The standard InChI is InChI=1S/C12H10ClNO3S/c13-8-3-1-7(2-4-8)11-14-9(6-18-11)5-10(15)12(16)17/h1-4,6,10,15H,5H2,(H,16,17). The Morgan fingerprint density at radius 2 is 2.06 bits per heavy atom. The average molecular weight is 284 g/mol. The Labute approximate surface area is 112 Å². The SMILES string of the molecule is O=C(O)C(O)Cc1csc(-c2ccc(Cl)cc2)n1. The van der Waals surface area contributed by atoms with Gasteiger partial charge in [0.1, 0.15) is 5.01 Å². The van der Waals surface area contributed by atoms with Crippen LogP contribution in [-0.4, -0.2) is 27.3 Å². The zero-order chi connectivity index (χ0) is 13.1. The van der Waals surface area contributed by atoms with Gasteiger partial charge in [-0.05, 0) is 12.1 Å². The van der Waals surface area contributed by atoms with E-state index < -0.39 is 12.1 Å². The van der Waals surface area contributed by atoms with Crippen molar-refractivity contribution < 1.29 is 15.0 Å². The van der Waals surface area contributed by atoms with E-state index in [1.165, 1.54) is 11.3 Å². The number of aromatic nitrogens is 1. The molecule has 0 saturated carbocycles. The van der Waals surface area contributed by atoms with E-state index in [4.69, 9.17) is 16.7 Å². The minimum Gasteiger partial charge on any atom is -0.479 e. The van der Waals surface area contributed by atoms with Crippen LogP contribution in [0.15, 0.2) is 29.6 Å². The normalized spacial score (nSPS) is 12.3. The first kappa shape index (κ1) is 13.0. The summed E-state index contributed by atoms with van der Waals surface area (Å²) in [5.41, 5.74) is 1.49. The molecule has 1 heterocycles. The minimum atomic E-state index is -1.41. The van der Waals surface area contributed by atoms with Crippen molar-refractivity contribution in [3.05, 3.63) is 40.4 Å². The summed E-state index contributed by atoms with van der Waals surface area (Å²) >= 11 is 7.20. The smallest absolute Gasteiger partial charge is 0.332 e. The van der Waals surface area contributed by atoms with Gasteiger partial charge in [0.2, 0.25) is 0 Å². The van der Waals surface area contributed by atoms with E-state index in [2.05, 4.69) is 4.98 Å². The lowest BCUT2D eigenvalue weighted by Crippen LogP contribution is -2.22. The van der Waals surface area contributed by atoms with E-state index >= 15 is 0 Å². The van der Waals surface area contributed by atoms with Crippen LogP contribution in [0.5, 0.6) is 0 Å². The Balaban J connectivity index is 2.15. The fourth-order valence-electron chi connectivity index (χ4n) is 1.41. The highest BCUT2D eigenvalue weighted by Gasteiger charge is 2.16. The van der Waals surface area contributed by atoms with E-state index in [0.717, 1.165) is 10.6 Å². The van der Waals surface area contributed by atoms with Crippen molar-refractivity contribution in [2.75, 3.05) is 0 Å². The maximum Gasteiger partial charge on any atom is 0.332 e. The van der Waals surface area contributed by atoms with Crippen LogP contribution in [0.2, 0.25) is 5.02 Å². The molecule has 1 atom stereocenters. The van der Waals surface area contributed by atoms with Crippen LogP contribution in [0.4, 0.5) is 0 Å². The maximum absolute atomic E-state index is 10.5. The summed E-state index contributed by atoms with van der Waals surface area (Å²) in [5.74, 6) is -1.24. The summed E-state index contributed by atoms with van der Waals surface area (Å²) in [6.07, 6.45) is -1.40. The Kier molecular flexibility index (Phi) is 3.96. The highest BCUT2D eigenvalue weighted by molar-refractivity contribution is 7.13. The zero-order valence-electron chi connectivity index (χ0n) is 9.21. The van der Waals surface area contributed by atoms with Gasteiger partial charge in [-0.2, -0.15) is 0 Å². The number of carboxylic acids is 1. The van der Waals surface area contributed by atoms with Crippen LogP contribution in [0.25, 0.3) is 10.6 Å². The summed E-state index contributed by atoms with van der Waals surface area (Å²) in [5, 5.41) is 21.0. The predicted octanol–water partition coefficient (Wildman–Crippen LogP) is 2.45. The Bertz CT molecular complexity index is 553. The lowest BCUT2D eigenvalue weighted by atomic mass is 10.2. The number of halogens is 1. The number of rotatable bonds is 4. The molecule has 2 N–H and O–H groups in total. The molecule has 0 amide bonds. The molecule has 0 saturated heterocycles. The maximum atomic E-state index is 10.5. The molecule has 0 aliphatic heterocycles. The number of carbonyl (C=O) groups is 1. The van der Waals surface area contributed by atoms with Crippen LogP contribution >= 0.6 is 22.9 Å². The molecule has 1 aromatic carbocycles. The van der Waals surface area contributed by atoms with Crippen molar-refractivity contribution >= 4 is 28.9 Å². The number of hydrogen-bond donors (Lipinski definition) is 2. The highest BCUT2D eigenvalue weighted by atomic mass is 35.5. The van der Waals surface area contributed by atoms with E-state index in [-0.39, 0.29) is 6.42 Å². The van der Waals surface area contributed by atoms with Crippen molar-refractivity contribution in [3.63, 3.8) is 0 Å². The van der Waals surface area contributed by atoms with Crippen molar-refractivity contribution in [2.45, 2.75) is 12.5 Å². The third-order valence-corrected chi connectivity index (χ3v) is 3.52. The third-order valence-electron chi connectivity index (χ3n) is 2.33. The molecule has 0 aliphatic carbocycles. The summed E-state index contributed by atoms with van der Waals surface area (Å²) in [6.45, 7) is 0. The van der Waals surface area contributed by atoms with Gasteiger partial charge in [0, 0.05) is 22.4 Å². The first-order valence-corrected chi connectivity index (χ1v) is 6.43. The first-order valence-electron chi connectivity index (χ1n) is 5.17. The molecule has 94 valence electrons. The number of thiazole rings is 1. The van der Waals surface area contributed by atoms with E-state index in [0.29, 0.717) is 10.7 Å². The molecule has 1 aromatic heterocycles. The van der Waals surface area contributed by atoms with Gasteiger partial charge in [-0.25, -0.2) is 9.78 Å². The quantitative estimate of drug-likeness (QED) is 0.904. The number of benzene rings is 1. The van der Waals surface area contributed by atoms with Crippen LogP contribution in [0.1, 0.15) is 5.69 Å². The molecule has 0 fully saturated rings. The van der Waals surface area contributed by atoms with E-state index in [9.17, 15) is 9.90 Å². The molecule has 4 nitrogen and oxygen atoms in total. The number of hydrogen-bond acceptors (Lipinski definition) is 4. The van der Waals surface area contributed by atoms with Crippen molar-refractivity contribution in [3.8, 4) is 10.6 Å². The van der Waals surface area contributed by atoms with Crippen molar-refractivity contribution in [1.29, 1.82) is 0 Å². The Morgan fingerprint density at radius 1 is 1.39 bits per heavy atom. The second-order valence-electron chi connectivity index (χ2n) is 3.71. The summed E-state index contributed by atoms with van der Waals surface area (Å²) in [6, 6.07) is 7.23. The fourth-order valence-corrected chi connectivity index (χ4v) is 2.38. The van der Waals surface area contributed by atoms with Gasteiger partial charge in [-0.1, -0.05) is 23.7 Å². The molecule has 2 rings (SSSR count). The lowest BCUT2D eigenvalue weighted by Gasteiger charge is -2.01. The molecule has 0 radical (unpaired) electrons. The van der Waals surface area contributed by atoms with Crippen molar-refractivity contribution in [1.82, 2.24) is 4.98 Å². The first-order chi connectivity index (χ1) is 8.56. The van der Waals surface area contributed by atoms with Crippen LogP contribution < -0.4 is 0 Å². The molecular formula is C12H10ClNO3S. The molecule has 0 aliphatic rings. The lowest BCUT2D eigenvalue weighted by molar-refractivity contribution is -0.146. The number of nitrogens with zero attached hydrogens (tertiary/aromatic N) is 1. The van der Waals surface area contributed by atoms with Crippen LogP contribution in [-0.2, 0) is 11.2 Å². The van der Waals surface area contributed by atoms with Crippen molar-refractivity contribution in [2.24, 2.45) is 0 Å². The van der Waals surface area contributed by atoms with Crippen LogP contribution in [0.3, 0.4) is 0 Å². The number of aliphatic carboxylic acids is 1. The number of carboxylic acid groups (broad SMARTS) is 1. The average Bonchev–Trinajstić information content (AvgIpc) is 2.78. The highest BCUT2D eigenvalue weighted by Crippen LogP contribution is 2.25. The largest absolute Gasteiger partial charge is 0.479 e. The van der Waals surface area contributed by atoms with Gasteiger partial charge in [-0.15, -0.1) is 11.3 Å². The van der Waals surface area contributed by atoms with Gasteiger partial charge in [0.15, 0.2) is 6.10 Å². The molecule has 18 heavy (non-hydrogen) atoms. The molecule has 6 heteroatoms. The topological polar surface area (TPSA) is 70.4 Å². The van der Waals surface area contributed by atoms with Gasteiger partial charge in [-0.3, -0.25) is 0 Å². The zero-order valence-corrected chi connectivity index (χ0v) is 10.8. The summed E-state index contributed by atoms with van der Waals surface area (Å²) in [4.78, 5) is 14.8. The van der Waals surface area contributed by atoms with Gasteiger partial charge in [0.25, 0.3) is 0 Å². The number of aliphatic hydroxyl groups excluding tert-OH is 1. The predicted molar refractivity (Wildman–Crippen MR) is 69.9 cm³/mol. The second kappa shape index (κ2) is 5.48. The third kappa shape index (κ3) is 3.07. The van der Waals surface area contributed by atoms with Gasteiger partial charge in [0.05, 0.1) is 5.69 Å². The molecule has 0 spiro atoms. The molecule has 2 aromatic rings. The molecule has 1 unspecified atom stereocenters. The summed E-state index contributed by atoms with van der Waals surface area (Å²) < 4.78 is 0. The van der Waals surface area contributed by atoms with Gasteiger partial charge < -0.3 is 10.2 Å². The van der Waals surface area contributed by atoms with E-state index in [1.807, 2.05) is 12.1 Å².